The predicted octanol–water partition coefficient (Wildman–Crippen LogP) is 4.12. The van der Waals surface area contributed by atoms with E-state index in [-0.39, 0.29) is 16.8 Å². The fourth-order valence-corrected chi connectivity index (χ4v) is 4.81. The van der Waals surface area contributed by atoms with E-state index < -0.39 is 16.0 Å². The third kappa shape index (κ3) is 4.06. The molecule has 31 heavy (non-hydrogen) atoms. The van der Waals surface area contributed by atoms with Crippen LogP contribution in [0.3, 0.4) is 0 Å². The SMILES string of the molecule is COc1ccc(CN2C(=O)[C@H](c3ccccc3S(=O)(=O)O)[C@H]2c2ccc(C)cc2)cc1. The summed E-state index contributed by atoms with van der Waals surface area (Å²) in [6.45, 7) is 2.36. The van der Waals surface area contributed by atoms with E-state index in [2.05, 4.69) is 0 Å². The summed E-state index contributed by atoms with van der Waals surface area (Å²) < 4.78 is 38.8. The smallest absolute Gasteiger partial charge is 0.294 e. The van der Waals surface area contributed by atoms with Crippen molar-refractivity contribution in [3.05, 3.63) is 95.1 Å². The molecule has 1 fully saturated rings. The Morgan fingerprint density at radius 2 is 1.61 bits per heavy atom. The van der Waals surface area contributed by atoms with Gasteiger partial charge >= 0.3 is 0 Å². The molecule has 0 aliphatic carbocycles. The maximum Gasteiger partial charge on any atom is 0.294 e. The topological polar surface area (TPSA) is 83.9 Å². The van der Waals surface area contributed by atoms with Crippen LogP contribution in [-0.4, -0.2) is 30.9 Å². The number of carbonyl (C=O) groups is 1. The summed E-state index contributed by atoms with van der Waals surface area (Å²) in [4.78, 5) is 14.8. The molecule has 0 bridgehead atoms. The molecule has 1 aliphatic heterocycles. The second-order valence-electron chi connectivity index (χ2n) is 7.66. The lowest BCUT2D eigenvalue weighted by Crippen LogP contribution is -2.53. The minimum Gasteiger partial charge on any atom is -0.497 e. The first kappa shape index (κ1) is 21.1. The number of aryl methyl sites for hydroxylation is 1. The second-order valence-corrected chi connectivity index (χ2v) is 9.05. The van der Waals surface area contributed by atoms with Gasteiger partial charge in [-0.3, -0.25) is 9.35 Å². The highest BCUT2D eigenvalue weighted by molar-refractivity contribution is 7.85. The number of carbonyl (C=O) groups excluding carboxylic acids is 1. The first-order chi connectivity index (χ1) is 14.8. The number of amides is 1. The lowest BCUT2D eigenvalue weighted by Gasteiger charge is -2.48. The van der Waals surface area contributed by atoms with E-state index in [1.807, 2.05) is 55.5 Å². The molecule has 1 aliphatic rings. The van der Waals surface area contributed by atoms with Gasteiger partial charge in [0.2, 0.25) is 5.91 Å². The van der Waals surface area contributed by atoms with Crippen LogP contribution in [0.4, 0.5) is 0 Å². The van der Waals surface area contributed by atoms with Crippen molar-refractivity contribution in [3.63, 3.8) is 0 Å². The van der Waals surface area contributed by atoms with E-state index in [1.165, 1.54) is 12.1 Å². The highest BCUT2D eigenvalue weighted by atomic mass is 32.2. The molecular formula is C24H23NO5S. The zero-order chi connectivity index (χ0) is 22.2. The maximum atomic E-state index is 13.2. The summed E-state index contributed by atoms with van der Waals surface area (Å²) in [5.74, 6) is -0.148. The molecule has 0 saturated carbocycles. The van der Waals surface area contributed by atoms with Gasteiger partial charge in [0.15, 0.2) is 0 Å². The number of hydrogen-bond donors (Lipinski definition) is 1. The average molecular weight is 438 g/mol. The van der Waals surface area contributed by atoms with E-state index in [0.29, 0.717) is 12.1 Å². The van der Waals surface area contributed by atoms with E-state index in [4.69, 9.17) is 4.74 Å². The molecule has 1 amide bonds. The number of hydrogen-bond acceptors (Lipinski definition) is 4. The molecule has 1 N–H and O–H groups in total. The Bertz CT molecular complexity index is 1200. The molecule has 1 heterocycles. The van der Waals surface area contributed by atoms with Gasteiger partial charge in [0.1, 0.15) is 5.75 Å². The summed E-state index contributed by atoms with van der Waals surface area (Å²) >= 11 is 0. The molecule has 4 rings (SSSR count). The summed E-state index contributed by atoms with van der Waals surface area (Å²) in [5, 5.41) is 0. The Balaban J connectivity index is 1.74. The second kappa shape index (κ2) is 8.17. The average Bonchev–Trinajstić information content (AvgIpc) is 2.76. The Labute approximate surface area is 181 Å². The van der Waals surface area contributed by atoms with Gasteiger partial charge in [0.05, 0.1) is 24.0 Å². The minimum absolute atomic E-state index is 0.183. The summed E-state index contributed by atoms with van der Waals surface area (Å²) in [6.07, 6.45) is 0. The van der Waals surface area contributed by atoms with Crippen molar-refractivity contribution < 1.29 is 22.5 Å². The molecule has 7 heteroatoms. The Hall–Kier alpha value is -3.16. The van der Waals surface area contributed by atoms with Gasteiger partial charge in [-0.05, 0) is 41.8 Å². The molecule has 1 saturated heterocycles. The molecule has 6 nitrogen and oxygen atoms in total. The van der Waals surface area contributed by atoms with Crippen LogP contribution in [0.15, 0.2) is 77.7 Å². The molecule has 0 radical (unpaired) electrons. The van der Waals surface area contributed by atoms with Gasteiger partial charge in [-0.15, -0.1) is 0 Å². The summed E-state index contributed by atoms with van der Waals surface area (Å²) in [7, 11) is -2.86. The highest BCUT2D eigenvalue weighted by Gasteiger charge is 2.50. The molecule has 0 spiro atoms. The van der Waals surface area contributed by atoms with Crippen molar-refractivity contribution in [2.24, 2.45) is 0 Å². The zero-order valence-corrected chi connectivity index (χ0v) is 18.0. The number of nitrogens with zero attached hydrogens (tertiary/aromatic N) is 1. The minimum atomic E-state index is -4.46. The van der Waals surface area contributed by atoms with E-state index in [1.54, 1.807) is 24.1 Å². The standard InChI is InChI=1S/C24H23NO5S/c1-16-7-11-18(12-8-16)23-22(20-5-3-4-6-21(20)31(27,28)29)24(26)25(23)15-17-9-13-19(30-2)14-10-17/h3-14,22-23H,15H2,1-2H3,(H,27,28,29)/t22-,23-/m1/s1. The monoisotopic (exact) mass is 437 g/mol. The largest absolute Gasteiger partial charge is 0.497 e. The van der Waals surface area contributed by atoms with Crippen LogP contribution in [0.2, 0.25) is 0 Å². The molecule has 3 aromatic rings. The fourth-order valence-electron chi connectivity index (χ4n) is 4.06. The number of β-lactam (4-membered cyclic amide) rings is 1. The molecule has 160 valence electrons. The van der Waals surface area contributed by atoms with Gasteiger partial charge in [-0.2, -0.15) is 8.42 Å². The quantitative estimate of drug-likeness (QED) is 0.463. The lowest BCUT2D eigenvalue weighted by molar-refractivity contribution is -0.151. The van der Waals surface area contributed by atoms with Gasteiger partial charge in [-0.1, -0.05) is 60.2 Å². The van der Waals surface area contributed by atoms with Gasteiger partial charge < -0.3 is 9.64 Å². The lowest BCUT2D eigenvalue weighted by atomic mass is 9.77. The Kier molecular flexibility index (Phi) is 5.56. The number of ether oxygens (including phenoxy) is 1. The van der Waals surface area contributed by atoms with Crippen molar-refractivity contribution >= 4 is 16.0 Å². The number of rotatable bonds is 6. The van der Waals surface area contributed by atoms with Crippen molar-refractivity contribution in [3.8, 4) is 5.75 Å². The van der Waals surface area contributed by atoms with Crippen LogP contribution >= 0.6 is 0 Å². The zero-order valence-electron chi connectivity index (χ0n) is 17.2. The third-order valence-corrected chi connectivity index (χ3v) is 6.59. The van der Waals surface area contributed by atoms with Crippen molar-refractivity contribution in [1.82, 2.24) is 4.90 Å². The van der Waals surface area contributed by atoms with Crippen LogP contribution in [0.5, 0.6) is 5.75 Å². The summed E-state index contributed by atoms with van der Waals surface area (Å²) in [6, 6.07) is 21.1. The Morgan fingerprint density at radius 3 is 2.23 bits per heavy atom. The van der Waals surface area contributed by atoms with Crippen LogP contribution in [-0.2, 0) is 21.5 Å². The van der Waals surface area contributed by atoms with E-state index in [9.17, 15) is 17.8 Å². The van der Waals surface area contributed by atoms with Crippen LogP contribution in [0.25, 0.3) is 0 Å². The molecule has 0 unspecified atom stereocenters. The molecule has 0 aromatic heterocycles. The summed E-state index contributed by atoms with van der Waals surface area (Å²) in [5.41, 5.74) is 3.25. The van der Waals surface area contributed by atoms with Crippen molar-refractivity contribution in [1.29, 1.82) is 0 Å². The van der Waals surface area contributed by atoms with Crippen LogP contribution in [0.1, 0.15) is 34.2 Å². The highest BCUT2D eigenvalue weighted by Crippen LogP contribution is 2.48. The number of methoxy groups -OCH3 is 1. The third-order valence-electron chi connectivity index (χ3n) is 5.66. The molecular weight excluding hydrogens is 414 g/mol. The van der Waals surface area contributed by atoms with Crippen LogP contribution < -0.4 is 4.74 Å². The van der Waals surface area contributed by atoms with Gasteiger partial charge in [-0.25, -0.2) is 0 Å². The molecule has 3 aromatic carbocycles. The van der Waals surface area contributed by atoms with Crippen LogP contribution in [0, 0.1) is 6.92 Å². The number of likely N-dealkylation sites (tertiary alicyclic amines) is 1. The fraction of sp³-hybridized carbons (Fsp3) is 0.208. The van der Waals surface area contributed by atoms with Gasteiger partial charge in [0, 0.05) is 6.54 Å². The number of benzene rings is 3. The molecule has 2 atom stereocenters. The Morgan fingerprint density at radius 1 is 0.968 bits per heavy atom. The normalized spacial score (nSPS) is 18.5. The van der Waals surface area contributed by atoms with E-state index in [0.717, 1.165) is 22.4 Å². The predicted molar refractivity (Wildman–Crippen MR) is 116 cm³/mol. The van der Waals surface area contributed by atoms with Gasteiger partial charge in [0.25, 0.3) is 10.1 Å². The van der Waals surface area contributed by atoms with E-state index >= 15 is 0 Å². The first-order valence-electron chi connectivity index (χ1n) is 9.86. The van der Waals surface area contributed by atoms with Crippen molar-refractivity contribution in [2.75, 3.05) is 7.11 Å². The maximum absolute atomic E-state index is 13.2. The first-order valence-corrected chi connectivity index (χ1v) is 11.3. The van der Waals surface area contributed by atoms with Crippen molar-refractivity contribution in [2.45, 2.75) is 30.3 Å².